The predicted molar refractivity (Wildman–Crippen MR) is 93.0 cm³/mol. The highest BCUT2D eigenvalue weighted by atomic mass is 19.1. The zero-order valence-electron chi connectivity index (χ0n) is 14.7. The maximum atomic E-state index is 14.0. The molecular weight excluding hydrogens is 329 g/mol. The highest BCUT2D eigenvalue weighted by molar-refractivity contribution is 6.11. The first-order valence-corrected chi connectivity index (χ1v) is 7.86. The van der Waals surface area contributed by atoms with Crippen molar-refractivity contribution >= 4 is 34.3 Å². The Labute approximate surface area is 144 Å². The van der Waals surface area contributed by atoms with Crippen molar-refractivity contribution < 1.29 is 23.5 Å². The number of hydrogen-bond donors (Lipinski definition) is 3. The second kappa shape index (κ2) is 7.00. The van der Waals surface area contributed by atoms with Crippen LogP contribution in [0.4, 0.5) is 15.9 Å². The molecule has 1 heterocycles. The average molecular weight is 351 g/mol. The standard InChI is InChI=1S/C17H22FN3O4/c1-5-24-16(23)13-10-6-9(18)7-11(14(10)21-15(13)19)20-8-12(22)25-17(2,3)4/h6-7,20-21H,5,8,19H2,1-4H3. The van der Waals surface area contributed by atoms with Gasteiger partial charge in [-0.2, -0.15) is 0 Å². The van der Waals surface area contributed by atoms with Crippen LogP contribution in [0.25, 0.3) is 10.9 Å². The highest BCUT2D eigenvalue weighted by Crippen LogP contribution is 2.31. The van der Waals surface area contributed by atoms with Crippen LogP contribution in [0.3, 0.4) is 0 Å². The third kappa shape index (κ3) is 4.40. The molecular formula is C17H22FN3O4. The SMILES string of the molecule is CCOC(=O)c1c(N)[nH]c2c(NCC(=O)OC(C)(C)C)cc(F)cc12. The normalized spacial score (nSPS) is 11.4. The van der Waals surface area contributed by atoms with Crippen LogP contribution in [0.2, 0.25) is 0 Å². The van der Waals surface area contributed by atoms with Gasteiger partial charge in [-0.05, 0) is 39.8 Å². The summed E-state index contributed by atoms with van der Waals surface area (Å²) in [5.74, 6) is -1.65. The summed E-state index contributed by atoms with van der Waals surface area (Å²) in [5.41, 5.74) is 5.99. The van der Waals surface area contributed by atoms with Gasteiger partial charge in [0.2, 0.25) is 0 Å². The zero-order chi connectivity index (χ0) is 18.8. The van der Waals surface area contributed by atoms with Crippen LogP contribution in [0.1, 0.15) is 38.1 Å². The van der Waals surface area contributed by atoms with E-state index in [1.807, 2.05) is 0 Å². The number of aromatic amines is 1. The van der Waals surface area contributed by atoms with E-state index in [1.165, 1.54) is 12.1 Å². The summed E-state index contributed by atoms with van der Waals surface area (Å²) >= 11 is 0. The molecule has 0 saturated carbocycles. The minimum Gasteiger partial charge on any atom is -0.462 e. The minimum atomic E-state index is -0.644. The number of carbonyl (C=O) groups excluding carboxylic acids is 2. The number of ether oxygens (including phenoxy) is 2. The van der Waals surface area contributed by atoms with Gasteiger partial charge < -0.3 is 25.5 Å². The van der Waals surface area contributed by atoms with Gasteiger partial charge in [-0.1, -0.05) is 0 Å². The van der Waals surface area contributed by atoms with Crippen molar-refractivity contribution in [2.45, 2.75) is 33.3 Å². The summed E-state index contributed by atoms with van der Waals surface area (Å²) in [4.78, 5) is 26.7. The average Bonchev–Trinajstić information content (AvgIpc) is 2.79. The van der Waals surface area contributed by atoms with E-state index in [-0.39, 0.29) is 29.9 Å². The van der Waals surface area contributed by atoms with E-state index in [0.717, 1.165) is 0 Å². The molecule has 0 atom stereocenters. The van der Waals surface area contributed by atoms with Crippen molar-refractivity contribution in [3.05, 3.63) is 23.5 Å². The second-order valence-corrected chi connectivity index (χ2v) is 6.45. The van der Waals surface area contributed by atoms with E-state index >= 15 is 0 Å². The van der Waals surface area contributed by atoms with Crippen molar-refractivity contribution in [3.63, 3.8) is 0 Å². The van der Waals surface area contributed by atoms with Crippen LogP contribution in [0, 0.1) is 5.82 Å². The zero-order valence-corrected chi connectivity index (χ0v) is 14.7. The maximum absolute atomic E-state index is 14.0. The number of H-pyrrole nitrogens is 1. The van der Waals surface area contributed by atoms with Gasteiger partial charge in [-0.25, -0.2) is 9.18 Å². The Morgan fingerprint density at radius 1 is 1.32 bits per heavy atom. The van der Waals surface area contributed by atoms with Crippen molar-refractivity contribution in [3.8, 4) is 0 Å². The van der Waals surface area contributed by atoms with Crippen LogP contribution in [0.5, 0.6) is 0 Å². The Morgan fingerprint density at radius 2 is 2.00 bits per heavy atom. The molecule has 1 aromatic heterocycles. The van der Waals surface area contributed by atoms with Gasteiger partial charge in [0, 0.05) is 5.39 Å². The molecule has 0 amide bonds. The van der Waals surface area contributed by atoms with Crippen molar-refractivity contribution in [2.24, 2.45) is 0 Å². The lowest BCUT2D eigenvalue weighted by atomic mass is 10.1. The molecule has 0 aliphatic rings. The molecule has 1 aromatic carbocycles. The van der Waals surface area contributed by atoms with Gasteiger partial charge in [-0.15, -0.1) is 0 Å². The number of nitrogen functional groups attached to an aromatic ring is 1. The lowest BCUT2D eigenvalue weighted by molar-refractivity contribution is -0.152. The number of nitrogens with one attached hydrogen (secondary N) is 2. The van der Waals surface area contributed by atoms with Crippen LogP contribution in [-0.4, -0.2) is 35.7 Å². The molecule has 8 heteroatoms. The molecule has 0 saturated heterocycles. The van der Waals surface area contributed by atoms with Crippen LogP contribution >= 0.6 is 0 Å². The van der Waals surface area contributed by atoms with Gasteiger partial charge in [-0.3, -0.25) is 4.79 Å². The molecule has 0 aliphatic carbocycles. The Kier molecular flexibility index (Phi) is 5.20. The number of carbonyl (C=O) groups is 2. The molecule has 0 fully saturated rings. The number of anilines is 2. The minimum absolute atomic E-state index is 0.0664. The van der Waals surface area contributed by atoms with Gasteiger partial charge >= 0.3 is 11.9 Å². The third-order valence-electron chi connectivity index (χ3n) is 3.22. The lowest BCUT2D eigenvalue weighted by Gasteiger charge is -2.19. The Bertz CT molecular complexity index is 808. The largest absolute Gasteiger partial charge is 0.462 e. The molecule has 0 radical (unpaired) electrons. The van der Waals surface area contributed by atoms with E-state index in [0.29, 0.717) is 11.2 Å². The molecule has 7 nitrogen and oxygen atoms in total. The third-order valence-corrected chi connectivity index (χ3v) is 3.22. The molecule has 0 aliphatic heterocycles. The van der Waals surface area contributed by atoms with Crippen molar-refractivity contribution in [1.29, 1.82) is 0 Å². The summed E-state index contributed by atoms with van der Waals surface area (Å²) in [5, 5.41) is 3.09. The van der Waals surface area contributed by atoms with Gasteiger partial charge in [0.15, 0.2) is 0 Å². The van der Waals surface area contributed by atoms with Gasteiger partial charge in [0.1, 0.15) is 29.3 Å². The first kappa shape index (κ1) is 18.6. The van der Waals surface area contributed by atoms with Gasteiger partial charge in [0.05, 0.1) is 17.8 Å². The molecule has 2 aromatic rings. The number of esters is 2. The second-order valence-electron chi connectivity index (χ2n) is 6.45. The fourth-order valence-corrected chi connectivity index (χ4v) is 2.39. The summed E-state index contributed by atoms with van der Waals surface area (Å²) < 4.78 is 24.1. The lowest BCUT2D eigenvalue weighted by Crippen LogP contribution is -2.28. The predicted octanol–water partition coefficient (Wildman–Crippen LogP) is 2.82. The molecule has 25 heavy (non-hydrogen) atoms. The van der Waals surface area contributed by atoms with Crippen LogP contribution < -0.4 is 11.1 Å². The summed E-state index contributed by atoms with van der Waals surface area (Å²) in [6.07, 6.45) is 0. The van der Waals surface area contributed by atoms with Crippen molar-refractivity contribution in [2.75, 3.05) is 24.2 Å². The maximum Gasteiger partial charge on any atom is 0.342 e. The smallest absolute Gasteiger partial charge is 0.342 e. The Balaban J connectivity index is 2.34. The van der Waals surface area contributed by atoms with Crippen LogP contribution in [0.15, 0.2) is 12.1 Å². The van der Waals surface area contributed by atoms with E-state index in [4.69, 9.17) is 15.2 Å². The van der Waals surface area contributed by atoms with E-state index < -0.39 is 23.4 Å². The molecule has 136 valence electrons. The highest BCUT2D eigenvalue weighted by Gasteiger charge is 2.21. The Morgan fingerprint density at radius 3 is 2.60 bits per heavy atom. The van der Waals surface area contributed by atoms with E-state index in [1.54, 1.807) is 27.7 Å². The van der Waals surface area contributed by atoms with E-state index in [9.17, 15) is 14.0 Å². The van der Waals surface area contributed by atoms with Crippen molar-refractivity contribution in [1.82, 2.24) is 4.98 Å². The molecule has 4 N–H and O–H groups in total. The quantitative estimate of drug-likeness (QED) is 0.715. The topological polar surface area (TPSA) is 106 Å². The summed E-state index contributed by atoms with van der Waals surface area (Å²) in [7, 11) is 0. The summed E-state index contributed by atoms with van der Waals surface area (Å²) in [6, 6.07) is 2.39. The molecule has 2 rings (SSSR count). The Hall–Kier alpha value is -2.77. The number of nitrogens with two attached hydrogens (primary N) is 1. The molecule has 0 spiro atoms. The van der Waals surface area contributed by atoms with Gasteiger partial charge in [0.25, 0.3) is 0 Å². The first-order valence-electron chi connectivity index (χ1n) is 7.86. The number of aromatic nitrogens is 1. The van der Waals surface area contributed by atoms with E-state index in [2.05, 4.69) is 10.3 Å². The fraction of sp³-hybridized carbons (Fsp3) is 0.412. The van der Waals surface area contributed by atoms with Crippen LogP contribution in [-0.2, 0) is 14.3 Å². The first-order chi connectivity index (χ1) is 11.6. The number of hydrogen-bond acceptors (Lipinski definition) is 6. The monoisotopic (exact) mass is 351 g/mol. The summed E-state index contributed by atoms with van der Waals surface area (Å²) in [6.45, 7) is 6.93. The molecule has 0 unspecified atom stereocenters. The number of benzene rings is 1. The molecule has 0 bridgehead atoms. The number of fused-ring (bicyclic) bond motifs is 1. The number of halogens is 1. The fourth-order valence-electron chi connectivity index (χ4n) is 2.39. The number of rotatable bonds is 5.